The van der Waals surface area contributed by atoms with Gasteiger partial charge in [-0.05, 0) is 25.4 Å². The molecule has 0 aromatic carbocycles. The number of nitrogens with two attached hydrogens (primary N) is 1. The predicted molar refractivity (Wildman–Crippen MR) is 107 cm³/mol. The van der Waals surface area contributed by atoms with E-state index < -0.39 is 60.6 Å². The first kappa shape index (κ1) is 26.5. The molecule has 0 radical (unpaired) electrons. The lowest BCUT2D eigenvalue weighted by Gasteiger charge is -2.24. The molecule has 0 fully saturated rings. The summed E-state index contributed by atoms with van der Waals surface area (Å²) in [6.45, 7) is 0.336. The highest BCUT2D eigenvalue weighted by molar-refractivity contribution is 7.98. The van der Waals surface area contributed by atoms with E-state index in [9.17, 15) is 29.4 Å². The summed E-state index contributed by atoms with van der Waals surface area (Å²) in [5.41, 5.74) is 5.73. The third-order valence-electron chi connectivity index (χ3n) is 3.65. The summed E-state index contributed by atoms with van der Waals surface area (Å²) < 4.78 is 0. The predicted octanol–water partition coefficient (Wildman–Crippen LogP) is -3.09. The maximum absolute atomic E-state index is 12.3. The molecule has 0 rings (SSSR count). The van der Waals surface area contributed by atoms with Crippen LogP contribution < -0.4 is 21.7 Å². The monoisotopic (exact) mass is 440 g/mol. The van der Waals surface area contributed by atoms with Crippen molar-refractivity contribution in [1.29, 1.82) is 0 Å². The Morgan fingerprint density at radius 3 is 2.04 bits per heavy atom. The van der Waals surface area contributed by atoms with Crippen molar-refractivity contribution >= 4 is 48.1 Å². The molecule has 0 saturated heterocycles. The number of hydrogen-bond donors (Lipinski definition) is 8. The molecule has 0 bridgehead atoms. The molecule has 162 valence electrons. The summed E-state index contributed by atoms with van der Waals surface area (Å²) in [5.74, 6) is -3.30. The zero-order valence-corrected chi connectivity index (χ0v) is 17.3. The van der Waals surface area contributed by atoms with Crippen molar-refractivity contribution in [2.75, 3.05) is 24.4 Å². The van der Waals surface area contributed by atoms with E-state index in [-0.39, 0.29) is 5.75 Å². The van der Waals surface area contributed by atoms with Gasteiger partial charge < -0.3 is 37.0 Å². The van der Waals surface area contributed by atoms with Gasteiger partial charge in [-0.2, -0.15) is 24.4 Å². The van der Waals surface area contributed by atoms with Crippen molar-refractivity contribution in [1.82, 2.24) is 16.0 Å². The van der Waals surface area contributed by atoms with Crippen molar-refractivity contribution in [3.8, 4) is 0 Å². The quantitative estimate of drug-likeness (QED) is 0.137. The molecular weight excluding hydrogens is 412 g/mol. The number of carbonyl (C=O) groups is 4. The van der Waals surface area contributed by atoms with Gasteiger partial charge in [0.15, 0.2) is 6.04 Å². The van der Waals surface area contributed by atoms with Gasteiger partial charge in [0.25, 0.3) is 0 Å². The van der Waals surface area contributed by atoms with E-state index >= 15 is 0 Å². The number of thioether (sulfide) groups is 1. The second-order valence-corrected chi connectivity index (χ2v) is 7.29. The van der Waals surface area contributed by atoms with Crippen molar-refractivity contribution in [2.24, 2.45) is 5.73 Å². The van der Waals surface area contributed by atoms with Crippen molar-refractivity contribution in [3.63, 3.8) is 0 Å². The zero-order chi connectivity index (χ0) is 21.9. The van der Waals surface area contributed by atoms with Crippen molar-refractivity contribution < 1.29 is 34.5 Å². The van der Waals surface area contributed by atoms with Gasteiger partial charge in [0.1, 0.15) is 12.1 Å². The number of rotatable bonds is 13. The largest absolute Gasteiger partial charge is 0.480 e. The number of aliphatic hydroxyl groups is 2. The van der Waals surface area contributed by atoms with Crippen LogP contribution in [0.3, 0.4) is 0 Å². The molecular formula is C15H28N4O7S2. The van der Waals surface area contributed by atoms with Crippen LogP contribution in [0.1, 0.15) is 13.3 Å². The van der Waals surface area contributed by atoms with Crippen LogP contribution in [0.2, 0.25) is 0 Å². The minimum Gasteiger partial charge on any atom is -0.480 e. The first-order valence-corrected chi connectivity index (χ1v) is 10.4. The number of nitrogens with one attached hydrogen (secondary N) is 3. The van der Waals surface area contributed by atoms with Crippen LogP contribution in [0.15, 0.2) is 0 Å². The molecule has 28 heavy (non-hydrogen) atoms. The van der Waals surface area contributed by atoms with Crippen LogP contribution in [-0.4, -0.2) is 93.7 Å². The molecule has 0 aliphatic heterocycles. The highest BCUT2D eigenvalue weighted by Crippen LogP contribution is 2.01. The topological polar surface area (TPSA) is 191 Å². The van der Waals surface area contributed by atoms with Gasteiger partial charge in [-0.3, -0.25) is 14.4 Å². The van der Waals surface area contributed by atoms with Crippen LogP contribution in [-0.2, 0) is 19.2 Å². The smallest absolute Gasteiger partial charge is 0.328 e. The Balaban J connectivity index is 4.92. The van der Waals surface area contributed by atoms with E-state index in [0.717, 1.165) is 0 Å². The molecule has 0 spiro atoms. The minimum atomic E-state index is -1.62. The molecule has 0 aromatic heterocycles. The number of hydrogen-bond acceptors (Lipinski definition) is 9. The van der Waals surface area contributed by atoms with Gasteiger partial charge in [0, 0.05) is 5.75 Å². The number of aliphatic hydroxyl groups excluding tert-OH is 2. The number of carbonyl (C=O) groups excluding carboxylic acids is 3. The van der Waals surface area contributed by atoms with E-state index in [4.69, 9.17) is 10.8 Å². The summed E-state index contributed by atoms with van der Waals surface area (Å²) in [4.78, 5) is 47.5. The summed E-state index contributed by atoms with van der Waals surface area (Å²) >= 11 is 5.50. The minimum absolute atomic E-state index is 0.0992. The Labute approximate surface area is 172 Å². The molecule has 11 nitrogen and oxygen atoms in total. The molecule has 8 N–H and O–H groups in total. The number of amides is 3. The first-order chi connectivity index (χ1) is 13.1. The molecule has 0 aromatic rings. The Kier molecular flexibility index (Phi) is 12.9. The molecule has 0 saturated carbocycles. The second-order valence-electron chi connectivity index (χ2n) is 5.94. The number of thiol groups is 1. The molecule has 5 atom stereocenters. The van der Waals surface area contributed by atoms with Gasteiger partial charge in [-0.15, -0.1) is 0 Å². The third kappa shape index (κ3) is 9.10. The van der Waals surface area contributed by atoms with Gasteiger partial charge in [-0.25, -0.2) is 4.79 Å². The average Bonchev–Trinajstić information content (AvgIpc) is 2.64. The van der Waals surface area contributed by atoms with Gasteiger partial charge >= 0.3 is 5.97 Å². The van der Waals surface area contributed by atoms with Crippen LogP contribution in [0.25, 0.3) is 0 Å². The fourth-order valence-electron chi connectivity index (χ4n) is 1.96. The van der Waals surface area contributed by atoms with Crippen LogP contribution in [0.4, 0.5) is 0 Å². The van der Waals surface area contributed by atoms with Crippen LogP contribution in [0, 0.1) is 0 Å². The Hall–Kier alpha value is -1.54. The fourth-order valence-corrected chi connectivity index (χ4v) is 2.70. The molecule has 3 amide bonds. The van der Waals surface area contributed by atoms with Gasteiger partial charge in [-0.1, -0.05) is 0 Å². The standard InChI is InChI=1S/C15H28N4O7S2/c1-7(21)11(15(25)26)19-13(23)9(5-20)17-14(24)10(6-27)18-12(22)8(16)3-4-28-2/h7-11,20-21,27H,3-6,16H2,1-2H3,(H,17,24)(H,18,22)(H,19,23)(H,25,26). The van der Waals surface area contributed by atoms with E-state index in [1.807, 2.05) is 11.6 Å². The first-order valence-electron chi connectivity index (χ1n) is 8.37. The number of carboxylic acid groups (broad SMARTS) is 1. The highest BCUT2D eigenvalue weighted by atomic mass is 32.2. The molecule has 0 aliphatic rings. The third-order valence-corrected chi connectivity index (χ3v) is 4.66. The molecule has 13 heteroatoms. The molecule has 0 heterocycles. The fraction of sp³-hybridized carbons (Fsp3) is 0.733. The number of aliphatic carboxylic acids is 1. The summed E-state index contributed by atoms with van der Waals surface area (Å²) in [6, 6.07) is -5.04. The van der Waals surface area contributed by atoms with E-state index in [1.165, 1.54) is 18.7 Å². The van der Waals surface area contributed by atoms with Crippen LogP contribution in [0.5, 0.6) is 0 Å². The average molecular weight is 441 g/mol. The molecule has 0 aliphatic carbocycles. The van der Waals surface area contributed by atoms with Gasteiger partial charge in [0.05, 0.1) is 18.8 Å². The Morgan fingerprint density at radius 2 is 1.61 bits per heavy atom. The summed E-state index contributed by atoms with van der Waals surface area (Å²) in [5, 5.41) is 34.3. The second kappa shape index (κ2) is 13.6. The SMILES string of the molecule is CSCCC(N)C(=O)NC(CS)C(=O)NC(CO)C(=O)NC(C(=O)O)C(C)O. The normalized spacial score (nSPS) is 16.2. The number of carboxylic acids is 1. The highest BCUT2D eigenvalue weighted by Gasteiger charge is 2.31. The van der Waals surface area contributed by atoms with E-state index in [0.29, 0.717) is 12.2 Å². The van der Waals surface area contributed by atoms with Crippen molar-refractivity contribution in [2.45, 2.75) is 43.6 Å². The lowest BCUT2D eigenvalue weighted by atomic mass is 10.1. The summed E-state index contributed by atoms with van der Waals surface area (Å²) in [6.07, 6.45) is 0.871. The lowest BCUT2D eigenvalue weighted by molar-refractivity contribution is -0.145. The van der Waals surface area contributed by atoms with Gasteiger partial charge in [0.2, 0.25) is 17.7 Å². The Bertz CT molecular complexity index is 550. The van der Waals surface area contributed by atoms with Crippen LogP contribution >= 0.6 is 24.4 Å². The van der Waals surface area contributed by atoms with E-state index in [1.54, 1.807) is 0 Å². The zero-order valence-electron chi connectivity index (χ0n) is 15.6. The Morgan fingerprint density at radius 1 is 1.07 bits per heavy atom. The van der Waals surface area contributed by atoms with Crippen molar-refractivity contribution in [3.05, 3.63) is 0 Å². The molecule has 5 unspecified atom stereocenters. The summed E-state index contributed by atoms with van der Waals surface area (Å²) in [7, 11) is 0. The van der Waals surface area contributed by atoms with E-state index in [2.05, 4.69) is 23.3 Å². The maximum Gasteiger partial charge on any atom is 0.328 e. The lowest BCUT2D eigenvalue weighted by Crippen LogP contribution is -2.59. The maximum atomic E-state index is 12.3.